The van der Waals surface area contributed by atoms with Gasteiger partial charge in [-0.25, -0.2) is 13.1 Å². The summed E-state index contributed by atoms with van der Waals surface area (Å²) in [6.45, 7) is 0. The first-order valence-electron chi connectivity index (χ1n) is 10.5. The molecule has 0 spiro atoms. The SMILES string of the molecule is O=C(CSc1nnnn1C1CCCC1)N(C1CCCCC1)[C@@H]1CCS(=O)(=O)C1. The summed E-state index contributed by atoms with van der Waals surface area (Å²) >= 11 is 1.39. The van der Waals surface area contributed by atoms with Gasteiger partial charge in [-0.3, -0.25) is 4.79 Å². The van der Waals surface area contributed by atoms with Crippen LogP contribution in [0.25, 0.3) is 0 Å². The van der Waals surface area contributed by atoms with E-state index in [0.717, 1.165) is 38.5 Å². The molecule has 3 aliphatic rings. The lowest BCUT2D eigenvalue weighted by molar-refractivity contribution is -0.133. The predicted molar refractivity (Wildman–Crippen MR) is 107 cm³/mol. The van der Waals surface area contributed by atoms with E-state index in [0.29, 0.717) is 17.6 Å². The molecule has 0 aromatic carbocycles. The normalized spacial score (nSPS) is 25.9. The molecule has 1 aromatic rings. The topological polar surface area (TPSA) is 98.1 Å². The van der Waals surface area contributed by atoms with Gasteiger partial charge in [0.05, 0.1) is 23.3 Å². The van der Waals surface area contributed by atoms with Gasteiger partial charge in [-0.2, -0.15) is 0 Å². The molecule has 3 fully saturated rings. The van der Waals surface area contributed by atoms with Crippen molar-refractivity contribution >= 4 is 27.5 Å². The molecule has 156 valence electrons. The summed E-state index contributed by atoms with van der Waals surface area (Å²) in [5, 5.41) is 12.8. The molecular formula is C18H29N5O3S2. The van der Waals surface area contributed by atoms with Crippen molar-refractivity contribution in [2.75, 3.05) is 17.3 Å². The summed E-state index contributed by atoms with van der Waals surface area (Å²) in [7, 11) is -3.03. The van der Waals surface area contributed by atoms with E-state index in [2.05, 4.69) is 15.5 Å². The first kappa shape index (κ1) is 20.1. The Kier molecular flexibility index (Phi) is 6.24. The van der Waals surface area contributed by atoms with Crippen LogP contribution >= 0.6 is 11.8 Å². The van der Waals surface area contributed by atoms with Gasteiger partial charge >= 0.3 is 0 Å². The molecule has 1 aromatic heterocycles. The van der Waals surface area contributed by atoms with Gasteiger partial charge in [0.15, 0.2) is 9.84 Å². The molecule has 1 amide bonds. The lowest BCUT2D eigenvalue weighted by atomic mass is 9.93. The molecule has 0 radical (unpaired) electrons. The second-order valence-electron chi connectivity index (χ2n) is 8.28. The van der Waals surface area contributed by atoms with Crippen LogP contribution in [0, 0.1) is 0 Å². The summed E-state index contributed by atoms with van der Waals surface area (Å²) in [6, 6.07) is 0.333. The largest absolute Gasteiger partial charge is 0.335 e. The molecule has 1 aliphatic heterocycles. The van der Waals surface area contributed by atoms with Crippen molar-refractivity contribution in [3.8, 4) is 0 Å². The summed E-state index contributed by atoms with van der Waals surface area (Å²) in [5.74, 6) is 0.598. The van der Waals surface area contributed by atoms with E-state index >= 15 is 0 Å². The van der Waals surface area contributed by atoms with Crippen LogP contribution in [0.4, 0.5) is 0 Å². The first-order chi connectivity index (χ1) is 13.5. The molecule has 2 heterocycles. The number of nitrogens with zero attached hydrogens (tertiary/aromatic N) is 5. The van der Waals surface area contributed by atoms with E-state index in [1.165, 1.54) is 31.0 Å². The molecule has 8 nitrogen and oxygen atoms in total. The van der Waals surface area contributed by atoms with Crippen LogP contribution in [0.3, 0.4) is 0 Å². The average molecular weight is 428 g/mol. The monoisotopic (exact) mass is 427 g/mol. The zero-order valence-corrected chi connectivity index (χ0v) is 17.8. The molecule has 28 heavy (non-hydrogen) atoms. The van der Waals surface area contributed by atoms with Crippen molar-refractivity contribution in [2.24, 2.45) is 0 Å². The van der Waals surface area contributed by atoms with Crippen molar-refractivity contribution in [2.45, 2.75) is 87.5 Å². The Morgan fingerprint density at radius 1 is 1.04 bits per heavy atom. The van der Waals surface area contributed by atoms with Crippen molar-refractivity contribution in [3.63, 3.8) is 0 Å². The number of thioether (sulfide) groups is 1. The lowest BCUT2D eigenvalue weighted by Gasteiger charge is -2.38. The van der Waals surface area contributed by atoms with Gasteiger partial charge in [-0.05, 0) is 42.5 Å². The predicted octanol–water partition coefficient (Wildman–Crippen LogP) is 2.23. The Morgan fingerprint density at radius 3 is 2.43 bits per heavy atom. The van der Waals surface area contributed by atoms with Crippen molar-refractivity contribution in [1.29, 1.82) is 0 Å². The van der Waals surface area contributed by atoms with Crippen molar-refractivity contribution in [3.05, 3.63) is 0 Å². The third-order valence-electron chi connectivity index (χ3n) is 6.32. The number of rotatable bonds is 6. The Bertz CT molecular complexity index is 785. The molecule has 1 saturated heterocycles. The zero-order valence-electron chi connectivity index (χ0n) is 16.2. The van der Waals surface area contributed by atoms with Gasteiger partial charge < -0.3 is 4.90 Å². The highest BCUT2D eigenvalue weighted by atomic mass is 32.2. The molecule has 10 heteroatoms. The molecule has 0 bridgehead atoms. The number of carbonyl (C=O) groups excluding carboxylic acids is 1. The fourth-order valence-electron chi connectivity index (χ4n) is 4.92. The summed E-state index contributed by atoms with van der Waals surface area (Å²) < 4.78 is 25.9. The quantitative estimate of drug-likeness (QED) is 0.642. The Morgan fingerprint density at radius 2 is 1.75 bits per heavy atom. The minimum atomic E-state index is -3.03. The van der Waals surface area contributed by atoms with Crippen LogP contribution in [-0.2, 0) is 14.6 Å². The summed E-state index contributed by atoms with van der Waals surface area (Å²) in [5.41, 5.74) is 0. The van der Waals surface area contributed by atoms with Gasteiger partial charge in [0.25, 0.3) is 0 Å². The highest BCUT2D eigenvalue weighted by molar-refractivity contribution is 7.99. The van der Waals surface area contributed by atoms with Gasteiger partial charge in [-0.15, -0.1) is 5.10 Å². The van der Waals surface area contributed by atoms with E-state index in [1.54, 1.807) is 0 Å². The van der Waals surface area contributed by atoms with Crippen LogP contribution in [0.5, 0.6) is 0 Å². The number of tetrazole rings is 1. The molecule has 1 atom stereocenters. The zero-order chi connectivity index (χ0) is 19.6. The first-order valence-corrected chi connectivity index (χ1v) is 13.3. The highest BCUT2D eigenvalue weighted by Crippen LogP contribution is 2.32. The Labute approximate surface area is 170 Å². The van der Waals surface area contributed by atoms with Crippen LogP contribution < -0.4 is 0 Å². The Balaban J connectivity index is 1.44. The second kappa shape index (κ2) is 8.69. The molecule has 2 aliphatic carbocycles. The molecule has 2 saturated carbocycles. The fraction of sp³-hybridized carbons (Fsp3) is 0.889. The number of carbonyl (C=O) groups is 1. The van der Waals surface area contributed by atoms with Crippen LogP contribution in [0.15, 0.2) is 5.16 Å². The number of amides is 1. The molecular weight excluding hydrogens is 398 g/mol. The van der Waals surface area contributed by atoms with Gasteiger partial charge in [0, 0.05) is 12.1 Å². The summed E-state index contributed by atoms with van der Waals surface area (Å²) in [6.07, 6.45) is 10.5. The van der Waals surface area contributed by atoms with Crippen LogP contribution in [0.1, 0.15) is 70.3 Å². The fourth-order valence-corrected chi connectivity index (χ4v) is 7.44. The third-order valence-corrected chi connectivity index (χ3v) is 8.98. The minimum Gasteiger partial charge on any atom is -0.335 e. The van der Waals surface area contributed by atoms with Gasteiger partial charge in [0.2, 0.25) is 11.1 Å². The van der Waals surface area contributed by atoms with Crippen LogP contribution in [-0.4, -0.2) is 68.8 Å². The third kappa shape index (κ3) is 4.53. The maximum absolute atomic E-state index is 13.2. The molecule has 0 unspecified atom stereocenters. The van der Waals surface area contributed by atoms with Gasteiger partial charge in [0.1, 0.15) is 0 Å². The van der Waals surface area contributed by atoms with E-state index < -0.39 is 9.84 Å². The second-order valence-corrected chi connectivity index (χ2v) is 11.5. The minimum absolute atomic E-state index is 0.0278. The highest BCUT2D eigenvalue weighted by Gasteiger charge is 2.38. The number of aromatic nitrogens is 4. The van der Waals surface area contributed by atoms with E-state index in [-0.39, 0.29) is 35.2 Å². The number of sulfone groups is 1. The summed E-state index contributed by atoms with van der Waals surface area (Å²) in [4.78, 5) is 15.1. The standard InChI is InChI=1S/C18H29N5O3S2/c24-17(12-27-18-19-20-21-23(18)15-8-4-5-9-15)22(14-6-2-1-3-7-14)16-10-11-28(25,26)13-16/h14-16H,1-13H2/t16-/m1/s1. The maximum Gasteiger partial charge on any atom is 0.233 e. The molecule has 0 N–H and O–H groups in total. The van der Waals surface area contributed by atoms with Crippen molar-refractivity contribution < 1.29 is 13.2 Å². The maximum atomic E-state index is 13.2. The van der Waals surface area contributed by atoms with Crippen LogP contribution in [0.2, 0.25) is 0 Å². The van der Waals surface area contributed by atoms with E-state index in [1.807, 2.05) is 9.58 Å². The average Bonchev–Trinajstić information content (AvgIpc) is 3.41. The van der Waals surface area contributed by atoms with E-state index in [9.17, 15) is 13.2 Å². The smallest absolute Gasteiger partial charge is 0.233 e. The van der Waals surface area contributed by atoms with E-state index in [4.69, 9.17) is 0 Å². The molecule has 4 rings (SSSR count). The number of hydrogen-bond acceptors (Lipinski definition) is 7. The van der Waals surface area contributed by atoms with Crippen molar-refractivity contribution in [1.82, 2.24) is 25.1 Å². The Hall–Kier alpha value is -1.16. The number of hydrogen-bond donors (Lipinski definition) is 0. The van der Waals surface area contributed by atoms with Gasteiger partial charge in [-0.1, -0.05) is 43.9 Å². The lowest BCUT2D eigenvalue weighted by Crippen LogP contribution is -2.49.